The first-order chi connectivity index (χ1) is 7.79. The number of nitrogens with one attached hydrogen (secondary N) is 1. The lowest BCUT2D eigenvalue weighted by Crippen LogP contribution is -2.41. The molecule has 0 saturated heterocycles. The topological polar surface area (TPSA) is 47.3 Å². The van der Waals surface area contributed by atoms with Gasteiger partial charge in [-0.1, -0.05) is 18.2 Å². The molecule has 1 aliphatic carbocycles. The molecule has 1 saturated carbocycles. The molecule has 1 aromatic carbocycles. The first-order valence-electron chi connectivity index (χ1n) is 5.87. The summed E-state index contributed by atoms with van der Waals surface area (Å²) in [7, 11) is 1.71. The second-order valence-electron chi connectivity index (χ2n) is 4.54. The maximum atomic E-state index is 5.75. The highest BCUT2D eigenvalue weighted by molar-refractivity contribution is 5.32. The Bertz CT molecular complexity index is 334. The minimum atomic E-state index is 0.443. The number of rotatable bonds is 5. The SMILES string of the molecule is COc1ccccc1CNCC1CC(N)C1. The first-order valence-corrected chi connectivity index (χ1v) is 5.87. The van der Waals surface area contributed by atoms with Crippen molar-refractivity contribution in [3.8, 4) is 5.75 Å². The van der Waals surface area contributed by atoms with Gasteiger partial charge in [0.2, 0.25) is 0 Å². The summed E-state index contributed by atoms with van der Waals surface area (Å²) in [5.41, 5.74) is 6.97. The van der Waals surface area contributed by atoms with E-state index in [0.717, 1.165) is 24.8 Å². The second-order valence-corrected chi connectivity index (χ2v) is 4.54. The number of hydrogen-bond donors (Lipinski definition) is 2. The Kier molecular flexibility index (Phi) is 3.80. The minimum absolute atomic E-state index is 0.443. The van der Waals surface area contributed by atoms with Gasteiger partial charge in [0.05, 0.1) is 7.11 Å². The molecule has 3 nitrogen and oxygen atoms in total. The molecule has 0 bridgehead atoms. The predicted octanol–water partition coefficient (Wildman–Crippen LogP) is 1.52. The fourth-order valence-electron chi connectivity index (χ4n) is 2.21. The van der Waals surface area contributed by atoms with E-state index in [1.54, 1.807) is 7.11 Å². The van der Waals surface area contributed by atoms with Crippen LogP contribution in [0.3, 0.4) is 0 Å². The van der Waals surface area contributed by atoms with Crippen LogP contribution < -0.4 is 15.8 Å². The molecule has 16 heavy (non-hydrogen) atoms. The third-order valence-electron chi connectivity index (χ3n) is 3.21. The standard InChI is InChI=1S/C13H20N2O/c1-16-13-5-3-2-4-11(13)9-15-8-10-6-12(14)7-10/h2-5,10,12,15H,6-9,14H2,1H3. The molecule has 0 aliphatic heterocycles. The second kappa shape index (κ2) is 5.32. The van der Waals surface area contributed by atoms with Crippen LogP contribution in [0.1, 0.15) is 18.4 Å². The van der Waals surface area contributed by atoms with E-state index in [2.05, 4.69) is 11.4 Å². The van der Waals surface area contributed by atoms with Gasteiger partial charge in [-0.25, -0.2) is 0 Å². The zero-order valence-electron chi connectivity index (χ0n) is 9.78. The molecule has 0 amide bonds. The smallest absolute Gasteiger partial charge is 0.123 e. The summed E-state index contributed by atoms with van der Waals surface area (Å²) in [5.74, 6) is 1.73. The lowest BCUT2D eigenvalue weighted by molar-refractivity contribution is 0.255. The van der Waals surface area contributed by atoms with Crippen LogP contribution in [0.2, 0.25) is 0 Å². The van der Waals surface area contributed by atoms with Gasteiger partial charge in [0.15, 0.2) is 0 Å². The van der Waals surface area contributed by atoms with Crippen LogP contribution in [0.25, 0.3) is 0 Å². The van der Waals surface area contributed by atoms with Gasteiger partial charge in [0, 0.05) is 18.2 Å². The van der Waals surface area contributed by atoms with E-state index in [0.29, 0.717) is 6.04 Å². The molecule has 0 aromatic heterocycles. The highest BCUT2D eigenvalue weighted by atomic mass is 16.5. The van der Waals surface area contributed by atoms with Gasteiger partial charge in [-0.15, -0.1) is 0 Å². The van der Waals surface area contributed by atoms with E-state index in [1.807, 2.05) is 18.2 Å². The summed E-state index contributed by atoms with van der Waals surface area (Å²) in [6, 6.07) is 8.57. The van der Waals surface area contributed by atoms with Crippen LogP contribution in [-0.4, -0.2) is 19.7 Å². The molecule has 2 rings (SSSR count). The van der Waals surface area contributed by atoms with E-state index in [-0.39, 0.29) is 0 Å². The van der Waals surface area contributed by atoms with Crippen molar-refractivity contribution >= 4 is 0 Å². The van der Waals surface area contributed by atoms with Gasteiger partial charge < -0.3 is 15.8 Å². The van der Waals surface area contributed by atoms with Crippen LogP contribution in [0.4, 0.5) is 0 Å². The molecule has 1 aliphatic rings. The number of ether oxygens (including phenoxy) is 1. The van der Waals surface area contributed by atoms with Crippen molar-refractivity contribution < 1.29 is 4.74 Å². The average molecular weight is 220 g/mol. The third kappa shape index (κ3) is 2.74. The van der Waals surface area contributed by atoms with Crippen LogP contribution in [0.15, 0.2) is 24.3 Å². The Labute approximate surface area is 97.0 Å². The van der Waals surface area contributed by atoms with Crippen molar-refractivity contribution in [2.45, 2.75) is 25.4 Å². The number of methoxy groups -OCH3 is 1. The largest absolute Gasteiger partial charge is 0.496 e. The molecular formula is C13H20N2O. The Balaban J connectivity index is 1.76. The predicted molar refractivity (Wildman–Crippen MR) is 65.4 cm³/mol. The van der Waals surface area contributed by atoms with Crippen LogP contribution in [0.5, 0.6) is 5.75 Å². The molecular weight excluding hydrogens is 200 g/mol. The summed E-state index contributed by atoms with van der Waals surface area (Å²) >= 11 is 0. The summed E-state index contributed by atoms with van der Waals surface area (Å²) in [6.07, 6.45) is 2.33. The monoisotopic (exact) mass is 220 g/mol. The van der Waals surface area contributed by atoms with Gasteiger partial charge in [0.1, 0.15) is 5.75 Å². The molecule has 3 heteroatoms. The van der Waals surface area contributed by atoms with Gasteiger partial charge in [0.25, 0.3) is 0 Å². The van der Waals surface area contributed by atoms with Crippen molar-refractivity contribution in [1.82, 2.24) is 5.32 Å². The van der Waals surface area contributed by atoms with Crippen LogP contribution in [0, 0.1) is 5.92 Å². The number of para-hydroxylation sites is 1. The first kappa shape index (κ1) is 11.4. The van der Waals surface area contributed by atoms with Gasteiger partial charge in [-0.3, -0.25) is 0 Å². The fourth-order valence-corrected chi connectivity index (χ4v) is 2.21. The molecule has 0 heterocycles. The summed E-state index contributed by atoms with van der Waals surface area (Å²) in [5, 5.41) is 3.46. The zero-order chi connectivity index (χ0) is 11.4. The van der Waals surface area contributed by atoms with E-state index in [1.165, 1.54) is 18.4 Å². The highest BCUT2D eigenvalue weighted by Crippen LogP contribution is 2.24. The van der Waals surface area contributed by atoms with Gasteiger partial charge in [-0.05, 0) is 31.4 Å². The maximum Gasteiger partial charge on any atom is 0.123 e. The van der Waals surface area contributed by atoms with Gasteiger partial charge in [-0.2, -0.15) is 0 Å². The number of hydrogen-bond acceptors (Lipinski definition) is 3. The van der Waals surface area contributed by atoms with Crippen molar-refractivity contribution in [3.05, 3.63) is 29.8 Å². The highest BCUT2D eigenvalue weighted by Gasteiger charge is 2.24. The third-order valence-corrected chi connectivity index (χ3v) is 3.21. The number of nitrogens with two attached hydrogens (primary N) is 1. The van der Waals surface area contributed by atoms with E-state index < -0.39 is 0 Å². The van der Waals surface area contributed by atoms with Crippen molar-refractivity contribution in [2.75, 3.05) is 13.7 Å². The normalized spacial score (nSPS) is 23.9. The van der Waals surface area contributed by atoms with Crippen molar-refractivity contribution in [3.63, 3.8) is 0 Å². The maximum absolute atomic E-state index is 5.75. The summed E-state index contributed by atoms with van der Waals surface area (Å²) < 4.78 is 5.30. The molecule has 1 aromatic rings. The van der Waals surface area contributed by atoms with E-state index >= 15 is 0 Å². The Morgan fingerprint density at radius 3 is 2.81 bits per heavy atom. The van der Waals surface area contributed by atoms with Crippen molar-refractivity contribution in [2.24, 2.45) is 11.7 Å². The Morgan fingerprint density at radius 2 is 2.12 bits per heavy atom. The molecule has 3 N–H and O–H groups in total. The molecule has 0 radical (unpaired) electrons. The zero-order valence-corrected chi connectivity index (χ0v) is 9.78. The fraction of sp³-hybridized carbons (Fsp3) is 0.538. The average Bonchev–Trinajstić information content (AvgIpc) is 2.27. The Hall–Kier alpha value is -1.06. The molecule has 0 atom stereocenters. The lowest BCUT2D eigenvalue weighted by Gasteiger charge is -2.32. The summed E-state index contributed by atoms with van der Waals surface area (Å²) in [4.78, 5) is 0. The van der Waals surface area contributed by atoms with E-state index in [9.17, 15) is 0 Å². The van der Waals surface area contributed by atoms with Crippen LogP contribution in [-0.2, 0) is 6.54 Å². The van der Waals surface area contributed by atoms with E-state index in [4.69, 9.17) is 10.5 Å². The Morgan fingerprint density at radius 1 is 1.38 bits per heavy atom. The molecule has 0 spiro atoms. The molecule has 88 valence electrons. The van der Waals surface area contributed by atoms with Crippen molar-refractivity contribution in [1.29, 1.82) is 0 Å². The lowest BCUT2D eigenvalue weighted by atomic mass is 9.81. The van der Waals surface area contributed by atoms with Gasteiger partial charge >= 0.3 is 0 Å². The van der Waals surface area contributed by atoms with Crippen LogP contribution >= 0.6 is 0 Å². The molecule has 1 fully saturated rings. The minimum Gasteiger partial charge on any atom is -0.496 e. The molecule has 0 unspecified atom stereocenters. The quantitative estimate of drug-likeness (QED) is 0.791. The summed E-state index contributed by atoms with van der Waals surface area (Å²) in [6.45, 7) is 1.93. The number of benzene rings is 1.